The molecule has 3 rings (SSSR count). The molecule has 7 nitrogen and oxygen atoms in total. The number of oxazole rings is 1. The minimum Gasteiger partial charge on any atom is -0.493 e. The number of carbonyl (C=O) groups excluding carboxylic acids is 1. The number of ether oxygens (including phenoxy) is 2. The highest BCUT2D eigenvalue weighted by atomic mass is 35.5. The number of amides is 1. The van der Waals surface area contributed by atoms with Crippen molar-refractivity contribution in [3.05, 3.63) is 57.5 Å². The Morgan fingerprint density at radius 2 is 1.93 bits per heavy atom. The van der Waals surface area contributed by atoms with E-state index in [0.717, 1.165) is 5.56 Å². The van der Waals surface area contributed by atoms with E-state index in [1.54, 1.807) is 32.4 Å². The van der Waals surface area contributed by atoms with Crippen LogP contribution in [0.2, 0.25) is 5.02 Å². The molecule has 1 N–H and O–H groups in total. The molecule has 0 spiro atoms. The fourth-order valence-electron chi connectivity index (χ4n) is 2.94. The molecule has 0 aliphatic rings. The summed E-state index contributed by atoms with van der Waals surface area (Å²) in [6, 6.07) is 10.6. The van der Waals surface area contributed by atoms with Crippen molar-refractivity contribution < 1.29 is 18.7 Å². The van der Waals surface area contributed by atoms with Crippen LogP contribution in [-0.2, 0) is 17.8 Å². The van der Waals surface area contributed by atoms with Gasteiger partial charge in [-0.15, -0.1) is 0 Å². The van der Waals surface area contributed by atoms with Gasteiger partial charge in [-0.2, -0.15) is 0 Å². The van der Waals surface area contributed by atoms with Crippen LogP contribution in [0.25, 0.3) is 11.1 Å². The molecule has 1 amide bonds. The summed E-state index contributed by atoms with van der Waals surface area (Å²) >= 11 is 5.90. The zero-order valence-corrected chi connectivity index (χ0v) is 16.4. The standard InChI is InChI=1S/C20H21ClN2O5/c1-26-16-6-3-13(11-18(16)27-2)7-9-22-19(24)8-10-23-15-5-4-14(21)12-17(15)28-20(23)25/h3-6,11-12H,7-10H2,1-2H3,(H,22,24). The summed E-state index contributed by atoms with van der Waals surface area (Å²) < 4.78 is 17.1. The molecule has 148 valence electrons. The predicted molar refractivity (Wildman–Crippen MR) is 106 cm³/mol. The molecule has 0 atom stereocenters. The lowest BCUT2D eigenvalue weighted by Crippen LogP contribution is -2.27. The second-order valence-corrected chi connectivity index (χ2v) is 6.61. The first-order valence-electron chi connectivity index (χ1n) is 8.78. The topological polar surface area (TPSA) is 82.7 Å². The lowest BCUT2D eigenvalue weighted by Gasteiger charge is -2.10. The molecule has 1 aromatic heterocycles. The van der Waals surface area contributed by atoms with Crippen LogP contribution in [0.3, 0.4) is 0 Å². The number of halogens is 1. The molecule has 0 aliphatic carbocycles. The maximum Gasteiger partial charge on any atom is 0.419 e. The highest BCUT2D eigenvalue weighted by molar-refractivity contribution is 6.31. The summed E-state index contributed by atoms with van der Waals surface area (Å²) in [5.74, 6) is 0.665. The van der Waals surface area contributed by atoms with Crippen LogP contribution >= 0.6 is 11.6 Å². The highest BCUT2D eigenvalue weighted by Crippen LogP contribution is 2.27. The third kappa shape index (κ3) is 4.48. The number of benzene rings is 2. The molecule has 28 heavy (non-hydrogen) atoms. The van der Waals surface area contributed by atoms with Crippen molar-refractivity contribution in [3.63, 3.8) is 0 Å². The molecule has 0 radical (unpaired) electrons. The molecular formula is C20H21ClN2O5. The van der Waals surface area contributed by atoms with E-state index in [9.17, 15) is 9.59 Å². The number of fused-ring (bicyclic) bond motifs is 1. The van der Waals surface area contributed by atoms with Crippen LogP contribution in [-0.4, -0.2) is 31.2 Å². The number of hydrogen-bond acceptors (Lipinski definition) is 5. The minimum absolute atomic E-state index is 0.143. The summed E-state index contributed by atoms with van der Waals surface area (Å²) in [6.45, 7) is 0.709. The number of rotatable bonds is 8. The first kappa shape index (κ1) is 19.8. The number of carbonyl (C=O) groups is 1. The molecule has 0 bridgehead atoms. The second-order valence-electron chi connectivity index (χ2n) is 6.17. The molecule has 0 saturated carbocycles. The van der Waals surface area contributed by atoms with Crippen LogP contribution in [0.4, 0.5) is 0 Å². The van der Waals surface area contributed by atoms with Crippen LogP contribution in [0, 0.1) is 0 Å². The van der Waals surface area contributed by atoms with Crippen molar-refractivity contribution >= 4 is 28.6 Å². The van der Waals surface area contributed by atoms with Crippen LogP contribution in [0.5, 0.6) is 11.5 Å². The van der Waals surface area contributed by atoms with Gasteiger partial charge in [-0.3, -0.25) is 9.36 Å². The monoisotopic (exact) mass is 404 g/mol. The van der Waals surface area contributed by atoms with Gasteiger partial charge in [0, 0.05) is 30.6 Å². The Morgan fingerprint density at radius 1 is 1.14 bits per heavy atom. The number of aryl methyl sites for hydroxylation is 1. The lowest BCUT2D eigenvalue weighted by atomic mass is 10.1. The fraction of sp³-hybridized carbons (Fsp3) is 0.300. The van der Waals surface area contributed by atoms with Crippen molar-refractivity contribution in [2.24, 2.45) is 0 Å². The van der Waals surface area contributed by atoms with Crippen molar-refractivity contribution in [1.82, 2.24) is 9.88 Å². The summed E-state index contributed by atoms with van der Waals surface area (Å²) in [4.78, 5) is 24.1. The third-order valence-corrected chi connectivity index (χ3v) is 4.61. The normalized spacial score (nSPS) is 10.8. The van der Waals surface area contributed by atoms with Gasteiger partial charge < -0.3 is 19.2 Å². The largest absolute Gasteiger partial charge is 0.493 e. The zero-order chi connectivity index (χ0) is 20.1. The van der Waals surface area contributed by atoms with Gasteiger partial charge in [0.05, 0.1) is 19.7 Å². The Morgan fingerprint density at radius 3 is 2.68 bits per heavy atom. The van der Waals surface area contributed by atoms with E-state index >= 15 is 0 Å². The Bertz CT molecular complexity index is 1040. The van der Waals surface area contributed by atoms with Crippen molar-refractivity contribution in [1.29, 1.82) is 0 Å². The fourth-order valence-corrected chi connectivity index (χ4v) is 3.10. The zero-order valence-electron chi connectivity index (χ0n) is 15.7. The summed E-state index contributed by atoms with van der Waals surface area (Å²) in [5, 5.41) is 3.35. The average Bonchev–Trinajstić information content (AvgIpc) is 3.00. The first-order valence-corrected chi connectivity index (χ1v) is 9.16. The number of methoxy groups -OCH3 is 2. The number of nitrogens with one attached hydrogen (secondary N) is 1. The van der Waals surface area contributed by atoms with Crippen molar-refractivity contribution in [2.75, 3.05) is 20.8 Å². The van der Waals surface area contributed by atoms with Gasteiger partial charge in [-0.25, -0.2) is 4.79 Å². The molecule has 2 aromatic carbocycles. The van der Waals surface area contributed by atoms with E-state index in [0.29, 0.717) is 40.6 Å². The van der Waals surface area contributed by atoms with Gasteiger partial charge in [0.15, 0.2) is 17.1 Å². The van der Waals surface area contributed by atoms with Gasteiger partial charge in [-0.1, -0.05) is 17.7 Å². The SMILES string of the molecule is COc1ccc(CCNC(=O)CCn2c(=O)oc3cc(Cl)ccc32)cc1OC. The van der Waals surface area contributed by atoms with E-state index in [2.05, 4.69) is 5.32 Å². The molecule has 1 heterocycles. The molecule has 8 heteroatoms. The van der Waals surface area contributed by atoms with Crippen LogP contribution in [0.1, 0.15) is 12.0 Å². The molecule has 3 aromatic rings. The van der Waals surface area contributed by atoms with Gasteiger partial charge in [0.25, 0.3) is 0 Å². The lowest BCUT2D eigenvalue weighted by molar-refractivity contribution is -0.121. The Kier molecular flexibility index (Phi) is 6.26. The summed E-state index contributed by atoms with van der Waals surface area (Å²) in [7, 11) is 3.17. The number of hydrogen-bond donors (Lipinski definition) is 1. The predicted octanol–water partition coefficient (Wildman–Crippen LogP) is 3.01. The van der Waals surface area contributed by atoms with Crippen molar-refractivity contribution in [2.45, 2.75) is 19.4 Å². The minimum atomic E-state index is -0.504. The maximum atomic E-state index is 12.1. The maximum absolute atomic E-state index is 12.1. The Hall–Kier alpha value is -2.93. The van der Waals surface area contributed by atoms with Crippen molar-refractivity contribution in [3.8, 4) is 11.5 Å². The quantitative estimate of drug-likeness (QED) is 0.624. The van der Waals surface area contributed by atoms with E-state index < -0.39 is 5.76 Å². The highest BCUT2D eigenvalue weighted by Gasteiger charge is 2.11. The summed E-state index contributed by atoms with van der Waals surface area (Å²) in [5.41, 5.74) is 2.05. The second kappa shape index (κ2) is 8.84. The van der Waals surface area contributed by atoms with Gasteiger partial charge in [-0.05, 0) is 36.2 Å². The number of nitrogens with zero attached hydrogens (tertiary/aromatic N) is 1. The van der Waals surface area contributed by atoms with E-state index in [-0.39, 0.29) is 18.9 Å². The molecule has 0 unspecified atom stereocenters. The van der Waals surface area contributed by atoms with Crippen LogP contribution in [0.15, 0.2) is 45.6 Å². The first-order chi connectivity index (χ1) is 13.5. The smallest absolute Gasteiger partial charge is 0.419 e. The molecular weight excluding hydrogens is 384 g/mol. The Labute approximate surface area is 166 Å². The van der Waals surface area contributed by atoms with Gasteiger partial charge in [0.2, 0.25) is 5.91 Å². The number of aromatic nitrogens is 1. The molecule has 0 fully saturated rings. The van der Waals surface area contributed by atoms with Gasteiger partial charge in [0.1, 0.15) is 0 Å². The molecule has 0 saturated heterocycles. The van der Waals surface area contributed by atoms with Gasteiger partial charge >= 0.3 is 5.76 Å². The molecule has 0 aliphatic heterocycles. The average molecular weight is 405 g/mol. The third-order valence-electron chi connectivity index (χ3n) is 4.38. The van der Waals surface area contributed by atoms with E-state index in [1.807, 2.05) is 18.2 Å². The summed E-state index contributed by atoms with van der Waals surface area (Å²) in [6.07, 6.45) is 0.822. The van der Waals surface area contributed by atoms with E-state index in [4.69, 9.17) is 25.5 Å². The van der Waals surface area contributed by atoms with E-state index in [1.165, 1.54) is 4.57 Å². The van der Waals surface area contributed by atoms with Crippen LogP contribution < -0.4 is 20.5 Å². The Balaban J connectivity index is 1.53.